The third kappa shape index (κ3) is 2.78. The molecule has 5 nitrogen and oxygen atoms in total. The van der Waals surface area contributed by atoms with Crippen molar-refractivity contribution in [1.29, 1.82) is 5.26 Å². The predicted octanol–water partition coefficient (Wildman–Crippen LogP) is 1.79. The van der Waals surface area contributed by atoms with E-state index < -0.39 is 37.8 Å². The Morgan fingerprint density at radius 2 is 2.05 bits per heavy atom. The molecule has 0 saturated heterocycles. The van der Waals surface area contributed by atoms with E-state index in [1.54, 1.807) is 0 Å². The van der Waals surface area contributed by atoms with E-state index in [0.29, 0.717) is 12.8 Å². The minimum absolute atomic E-state index is 0.355. The second-order valence-electron chi connectivity index (χ2n) is 3.89. The number of ether oxygens (including phenoxy) is 1. The number of hydrogen-bond donors (Lipinski definition) is 0. The maximum absolute atomic E-state index is 12.2. The first kappa shape index (κ1) is 13.6. The van der Waals surface area contributed by atoms with Gasteiger partial charge in [-0.15, -0.1) is 13.2 Å². The van der Waals surface area contributed by atoms with Gasteiger partial charge in [-0.25, -0.2) is 13.4 Å². The summed E-state index contributed by atoms with van der Waals surface area (Å²) in [6.45, 7) is 0. The van der Waals surface area contributed by atoms with Crippen molar-refractivity contribution in [2.75, 3.05) is 0 Å². The number of sulfone groups is 1. The largest absolute Gasteiger partial charge is 0.573 e. The Hall–Kier alpha value is -1.82. The van der Waals surface area contributed by atoms with E-state index in [4.69, 9.17) is 5.26 Å². The Balaban J connectivity index is 2.59. The molecule has 1 aromatic heterocycles. The summed E-state index contributed by atoms with van der Waals surface area (Å²) in [6.07, 6.45) is -3.44. The van der Waals surface area contributed by atoms with Gasteiger partial charge in [0, 0.05) is 12.3 Å². The predicted molar refractivity (Wildman–Crippen MR) is 55.8 cm³/mol. The number of halogens is 3. The summed E-state index contributed by atoms with van der Waals surface area (Å²) < 4.78 is 64.5. The van der Waals surface area contributed by atoms with Crippen LogP contribution in [-0.2, 0) is 9.84 Å². The lowest BCUT2D eigenvalue weighted by Crippen LogP contribution is -2.20. The van der Waals surface area contributed by atoms with Crippen molar-refractivity contribution < 1.29 is 26.3 Å². The fourth-order valence-corrected chi connectivity index (χ4v) is 3.38. The molecule has 1 aliphatic rings. The highest BCUT2D eigenvalue weighted by Gasteiger charge is 2.42. The molecular formula is C10H7F3N2O3S. The number of aromatic nitrogens is 1. The van der Waals surface area contributed by atoms with Gasteiger partial charge in [-0.05, 0) is 12.8 Å². The van der Waals surface area contributed by atoms with Crippen LogP contribution in [0.1, 0.15) is 18.5 Å². The minimum Gasteiger partial charge on any atom is -0.404 e. The van der Waals surface area contributed by atoms with Crippen molar-refractivity contribution in [3.63, 3.8) is 0 Å². The summed E-state index contributed by atoms with van der Waals surface area (Å²) in [5.41, 5.74) is -0.589. The molecule has 19 heavy (non-hydrogen) atoms. The zero-order chi connectivity index (χ0) is 14.3. The van der Waals surface area contributed by atoms with Crippen molar-refractivity contribution in [2.24, 2.45) is 0 Å². The quantitative estimate of drug-likeness (QED) is 0.848. The number of hydrogen-bond acceptors (Lipinski definition) is 5. The van der Waals surface area contributed by atoms with Crippen LogP contribution in [0.15, 0.2) is 17.2 Å². The number of nitriles is 1. The highest BCUT2D eigenvalue weighted by Crippen LogP contribution is 2.39. The molecule has 1 saturated carbocycles. The van der Waals surface area contributed by atoms with Gasteiger partial charge in [-0.3, -0.25) is 0 Å². The van der Waals surface area contributed by atoms with Gasteiger partial charge < -0.3 is 4.74 Å². The van der Waals surface area contributed by atoms with Gasteiger partial charge in [0.15, 0.2) is 21.3 Å². The van der Waals surface area contributed by atoms with Crippen LogP contribution < -0.4 is 4.74 Å². The van der Waals surface area contributed by atoms with Crippen molar-refractivity contribution in [1.82, 2.24) is 4.98 Å². The van der Waals surface area contributed by atoms with Crippen LogP contribution in [0.3, 0.4) is 0 Å². The van der Waals surface area contributed by atoms with E-state index in [-0.39, 0.29) is 0 Å². The van der Waals surface area contributed by atoms with E-state index in [0.717, 1.165) is 12.3 Å². The van der Waals surface area contributed by atoms with Crippen LogP contribution in [0, 0.1) is 11.3 Å². The molecule has 1 aliphatic carbocycles. The lowest BCUT2D eigenvalue weighted by atomic mass is 10.3. The van der Waals surface area contributed by atoms with E-state index in [2.05, 4.69) is 9.72 Å². The zero-order valence-corrected chi connectivity index (χ0v) is 10.1. The third-order valence-corrected chi connectivity index (χ3v) is 4.76. The molecule has 0 unspecified atom stereocenters. The van der Waals surface area contributed by atoms with Crippen molar-refractivity contribution in [3.8, 4) is 11.8 Å². The summed E-state index contributed by atoms with van der Waals surface area (Å²) in [7, 11) is -4.02. The first-order chi connectivity index (χ1) is 8.75. The summed E-state index contributed by atoms with van der Waals surface area (Å²) in [4.78, 5) is 2.70. The first-order valence-electron chi connectivity index (χ1n) is 5.14. The molecule has 0 spiro atoms. The molecule has 1 heterocycles. The second-order valence-corrected chi connectivity index (χ2v) is 6.06. The number of rotatable bonds is 3. The lowest BCUT2D eigenvalue weighted by Gasteiger charge is -2.13. The van der Waals surface area contributed by atoms with Crippen LogP contribution in [0.25, 0.3) is 0 Å². The molecule has 0 aliphatic heterocycles. The maximum Gasteiger partial charge on any atom is 0.573 e. The highest BCUT2D eigenvalue weighted by atomic mass is 32.2. The standard InChI is InChI=1S/C10H7F3N2O3S/c11-10(12,13)18-8-3-4-15-7(5-14)9(8)19(16,17)6-1-2-6/h3-4,6H,1-2H2. The third-order valence-electron chi connectivity index (χ3n) is 2.45. The molecule has 0 radical (unpaired) electrons. The number of alkyl halides is 3. The van der Waals surface area contributed by atoms with E-state index >= 15 is 0 Å². The summed E-state index contributed by atoms with van der Waals surface area (Å²) in [5, 5.41) is 8.03. The van der Waals surface area contributed by atoms with E-state index in [1.807, 2.05) is 0 Å². The normalized spacial score (nSPS) is 15.9. The SMILES string of the molecule is N#Cc1nccc(OC(F)(F)F)c1S(=O)(=O)C1CC1. The molecular weight excluding hydrogens is 285 g/mol. The topological polar surface area (TPSA) is 80.0 Å². The van der Waals surface area contributed by atoms with Crippen LogP contribution in [-0.4, -0.2) is 25.0 Å². The number of nitrogens with zero attached hydrogens (tertiary/aromatic N) is 2. The van der Waals surface area contributed by atoms with Gasteiger partial charge in [0.25, 0.3) is 0 Å². The van der Waals surface area contributed by atoms with Crippen LogP contribution in [0.2, 0.25) is 0 Å². The van der Waals surface area contributed by atoms with Gasteiger partial charge in [0.1, 0.15) is 11.0 Å². The molecule has 1 aromatic rings. The van der Waals surface area contributed by atoms with Gasteiger partial charge >= 0.3 is 6.36 Å². The van der Waals surface area contributed by atoms with Gasteiger partial charge in [-0.1, -0.05) is 0 Å². The van der Waals surface area contributed by atoms with E-state index in [1.165, 1.54) is 6.07 Å². The van der Waals surface area contributed by atoms with Crippen LogP contribution >= 0.6 is 0 Å². The highest BCUT2D eigenvalue weighted by molar-refractivity contribution is 7.92. The Bertz CT molecular complexity index is 645. The van der Waals surface area contributed by atoms with Gasteiger partial charge in [0.05, 0.1) is 5.25 Å². The lowest BCUT2D eigenvalue weighted by molar-refractivity contribution is -0.275. The molecule has 0 N–H and O–H groups in total. The van der Waals surface area contributed by atoms with Crippen molar-refractivity contribution in [3.05, 3.63) is 18.0 Å². The molecule has 0 bridgehead atoms. The smallest absolute Gasteiger partial charge is 0.404 e. The second kappa shape index (κ2) is 4.38. The molecule has 0 atom stereocenters. The molecule has 0 aromatic carbocycles. The Morgan fingerprint density at radius 3 is 2.53 bits per heavy atom. The minimum atomic E-state index is -5.04. The summed E-state index contributed by atoms with van der Waals surface area (Å²) in [6, 6.07) is 2.25. The Labute approximate surface area is 106 Å². The molecule has 2 rings (SSSR count). The maximum atomic E-state index is 12.2. The average Bonchev–Trinajstić information content (AvgIpc) is 3.09. The van der Waals surface area contributed by atoms with Crippen LogP contribution in [0.4, 0.5) is 13.2 Å². The summed E-state index contributed by atoms with van der Waals surface area (Å²) >= 11 is 0. The molecule has 0 amide bonds. The van der Waals surface area contributed by atoms with Crippen LogP contribution in [0.5, 0.6) is 5.75 Å². The molecule has 102 valence electrons. The van der Waals surface area contributed by atoms with E-state index in [9.17, 15) is 21.6 Å². The zero-order valence-electron chi connectivity index (χ0n) is 9.31. The monoisotopic (exact) mass is 292 g/mol. The van der Waals surface area contributed by atoms with Gasteiger partial charge in [0.2, 0.25) is 0 Å². The number of pyridine rings is 1. The molecule has 1 fully saturated rings. The molecule has 9 heteroatoms. The fraction of sp³-hybridized carbons (Fsp3) is 0.400. The van der Waals surface area contributed by atoms with Crippen molar-refractivity contribution >= 4 is 9.84 Å². The first-order valence-corrected chi connectivity index (χ1v) is 6.69. The fourth-order valence-electron chi connectivity index (χ4n) is 1.54. The van der Waals surface area contributed by atoms with Gasteiger partial charge in [-0.2, -0.15) is 5.26 Å². The summed E-state index contributed by atoms with van der Waals surface area (Å²) in [5.74, 6) is -0.911. The Kier molecular flexibility index (Phi) is 3.14. The van der Waals surface area contributed by atoms with Crippen molar-refractivity contribution in [2.45, 2.75) is 29.3 Å². The Morgan fingerprint density at radius 1 is 1.42 bits per heavy atom. The average molecular weight is 292 g/mol.